The van der Waals surface area contributed by atoms with Gasteiger partial charge in [0.25, 0.3) is 0 Å². The third-order valence-corrected chi connectivity index (χ3v) is 4.12. The van der Waals surface area contributed by atoms with E-state index in [0.29, 0.717) is 0 Å². The van der Waals surface area contributed by atoms with Crippen molar-refractivity contribution >= 4 is 11.3 Å². The SMILES string of the molecule is Nc1ccc2c(c1)CN(Cc1cn3ccccc3n1)CC2. The maximum absolute atomic E-state index is 5.90. The minimum atomic E-state index is 0.850. The molecule has 0 aliphatic carbocycles. The van der Waals surface area contributed by atoms with E-state index >= 15 is 0 Å². The molecule has 106 valence electrons. The van der Waals surface area contributed by atoms with Crippen LogP contribution in [0.2, 0.25) is 0 Å². The Labute approximate surface area is 123 Å². The van der Waals surface area contributed by atoms with E-state index in [4.69, 9.17) is 5.73 Å². The predicted octanol–water partition coefficient (Wildman–Crippen LogP) is 2.47. The van der Waals surface area contributed by atoms with E-state index < -0.39 is 0 Å². The van der Waals surface area contributed by atoms with E-state index in [1.165, 1.54) is 11.1 Å². The second-order valence-corrected chi connectivity index (χ2v) is 5.69. The van der Waals surface area contributed by atoms with Crippen LogP contribution in [0.15, 0.2) is 48.8 Å². The Balaban J connectivity index is 1.55. The van der Waals surface area contributed by atoms with E-state index in [9.17, 15) is 0 Å². The van der Waals surface area contributed by atoms with E-state index in [1.54, 1.807) is 0 Å². The van der Waals surface area contributed by atoms with E-state index in [-0.39, 0.29) is 0 Å². The number of rotatable bonds is 2. The first kappa shape index (κ1) is 12.4. The van der Waals surface area contributed by atoms with Crippen molar-refractivity contribution in [3.63, 3.8) is 0 Å². The van der Waals surface area contributed by atoms with Crippen molar-refractivity contribution in [2.24, 2.45) is 0 Å². The highest BCUT2D eigenvalue weighted by Gasteiger charge is 2.17. The normalized spacial score (nSPS) is 15.2. The lowest BCUT2D eigenvalue weighted by Gasteiger charge is -2.28. The summed E-state index contributed by atoms with van der Waals surface area (Å²) in [6.45, 7) is 2.91. The Morgan fingerprint density at radius 1 is 1.14 bits per heavy atom. The monoisotopic (exact) mass is 278 g/mol. The zero-order valence-corrected chi connectivity index (χ0v) is 11.9. The fourth-order valence-corrected chi connectivity index (χ4v) is 3.06. The number of benzene rings is 1. The summed E-state index contributed by atoms with van der Waals surface area (Å²) in [5.74, 6) is 0. The van der Waals surface area contributed by atoms with Gasteiger partial charge >= 0.3 is 0 Å². The van der Waals surface area contributed by atoms with Gasteiger partial charge < -0.3 is 10.1 Å². The van der Waals surface area contributed by atoms with Gasteiger partial charge in [0.15, 0.2) is 0 Å². The molecule has 21 heavy (non-hydrogen) atoms. The summed E-state index contributed by atoms with van der Waals surface area (Å²) in [5, 5.41) is 0. The Kier molecular flexibility index (Phi) is 2.89. The molecule has 1 aliphatic heterocycles. The number of anilines is 1. The number of imidazole rings is 1. The standard InChI is InChI=1S/C17H18N4/c18-15-5-4-13-6-8-20(10-14(13)9-15)11-16-12-21-7-2-1-3-17(21)19-16/h1-5,7,9,12H,6,8,10-11,18H2. The fraction of sp³-hybridized carbons (Fsp3) is 0.235. The fourth-order valence-electron chi connectivity index (χ4n) is 3.06. The quantitative estimate of drug-likeness (QED) is 0.733. The first-order chi connectivity index (χ1) is 10.3. The van der Waals surface area contributed by atoms with Gasteiger partial charge in [0.1, 0.15) is 5.65 Å². The maximum Gasteiger partial charge on any atom is 0.137 e. The topological polar surface area (TPSA) is 46.6 Å². The highest BCUT2D eigenvalue weighted by Crippen LogP contribution is 2.22. The molecule has 4 nitrogen and oxygen atoms in total. The van der Waals surface area contributed by atoms with Crippen LogP contribution >= 0.6 is 0 Å². The summed E-state index contributed by atoms with van der Waals surface area (Å²) in [5.41, 5.74) is 11.7. The zero-order valence-electron chi connectivity index (χ0n) is 11.9. The first-order valence-corrected chi connectivity index (χ1v) is 7.30. The Bertz CT molecular complexity index is 757. The average molecular weight is 278 g/mol. The predicted molar refractivity (Wildman–Crippen MR) is 83.9 cm³/mol. The molecule has 0 fully saturated rings. The number of hydrogen-bond donors (Lipinski definition) is 1. The Hall–Kier alpha value is -2.33. The van der Waals surface area contributed by atoms with Crippen molar-refractivity contribution < 1.29 is 0 Å². The van der Waals surface area contributed by atoms with E-state index in [2.05, 4.69) is 32.6 Å². The average Bonchev–Trinajstić information content (AvgIpc) is 2.89. The van der Waals surface area contributed by atoms with Crippen molar-refractivity contribution in [2.45, 2.75) is 19.5 Å². The molecule has 0 radical (unpaired) electrons. The van der Waals surface area contributed by atoms with Gasteiger partial charge in [0, 0.05) is 37.7 Å². The largest absolute Gasteiger partial charge is 0.399 e. The summed E-state index contributed by atoms with van der Waals surface area (Å²) < 4.78 is 2.07. The third-order valence-electron chi connectivity index (χ3n) is 4.12. The lowest BCUT2D eigenvalue weighted by Crippen LogP contribution is -2.30. The second kappa shape index (κ2) is 4.90. The molecule has 2 aromatic heterocycles. The summed E-state index contributed by atoms with van der Waals surface area (Å²) in [4.78, 5) is 7.11. The first-order valence-electron chi connectivity index (χ1n) is 7.30. The lowest BCUT2D eigenvalue weighted by atomic mass is 9.99. The number of fused-ring (bicyclic) bond motifs is 2. The molecule has 1 aliphatic rings. The van der Waals surface area contributed by atoms with Crippen molar-refractivity contribution in [1.29, 1.82) is 0 Å². The van der Waals surface area contributed by atoms with Gasteiger partial charge in [0.05, 0.1) is 5.69 Å². The van der Waals surface area contributed by atoms with Crippen LogP contribution in [0, 0.1) is 0 Å². The Morgan fingerprint density at radius 3 is 3.00 bits per heavy atom. The molecule has 4 rings (SSSR count). The highest BCUT2D eigenvalue weighted by molar-refractivity contribution is 5.45. The molecule has 3 aromatic rings. The second-order valence-electron chi connectivity index (χ2n) is 5.69. The summed E-state index contributed by atoms with van der Waals surface area (Å²) in [6.07, 6.45) is 5.24. The lowest BCUT2D eigenvalue weighted by molar-refractivity contribution is 0.243. The smallest absolute Gasteiger partial charge is 0.137 e. The highest BCUT2D eigenvalue weighted by atomic mass is 15.1. The molecule has 0 spiro atoms. The molecule has 3 heterocycles. The maximum atomic E-state index is 5.90. The third kappa shape index (κ3) is 2.38. The number of hydrogen-bond acceptors (Lipinski definition) is 3. The van der Waals surface area contributed by atoms with Crippen LogP contribution < -0.4 is 5.73 Å². The van der Waals surface area contributed by atoms with Gasteiger partial charge in [-0.2, -0.15) is 0 Å². The Morgan fingerprint density at radius 2 is 2.10 bits per heavy atom. The molecule has 0 unspecified atom stereocenters. The van der Waals surface area contributed by atoms with Crippen LogP contribution in [0.3, 0.4) is 0 Å². The molecule has 0 atom stereocenters. The molecule has 0 amide bonds. The number of aromatic nitrogens is 2. The van der Waals surface area contributed by atoms with E-state index in [1.807, 2.05) is 30.5 Å². The molecular formula is C17H18N4. The number of nitrogen functional groups attached to an aromatic ring is 1. The zero-order chi connectivity index (χ0) is 14.2. The minimum absolute atomic E-state index is 0.850. The van der Waals surface area contributed by atoms with Crippen LogP contribution in [0.25, 0.3) is 5.65 Å². The van der Waals surface area contributed by atoms with Crippen LogP contribution in [0.5, 0.6) is 0 Å². The van der Waals surface area contributed by atoms with Crippen LogP contribution in [-0.2, 0) is 19.5 Å². The van der Waals surface area contributed by atoms with Crippen LogP contribution in [-0.4, -0.2) is 20.8 Å². The molecular weight excluding hydrogens is 260 g/mol. The van der Waals surface area contributed by atoms with Crippen LogP contribution in [0.4, 0.5) is 5.69 Å². The van der Waals surface area contributed by atoms with Gasteiger partial charge in [-0.1, -0.05) is 12.1 Å². The van der Waals surface area contributed by atoms with Gasteiger partial charge in [0.2, 0.25) is 0 Å². The van der Waals surface area contributed by atoms with E-state index in [0.717, 1.165) is 43.1 Å². The van der Waals surface area contributed by atoms with Gasteiger partial charge in [-0.15, -0.1) is 0 Å². The van der Waals surface area contributed by atoms with Gasteiger partial charge in [-0.25, -0.2) is 4.98 Å². The molecule has 0 saturated heterocycles. The minimum Gasteiger partial charge on any atom is -0.399 e. The van der Waals surface area contributed by atoms with Crippen LogP contribution in [0.1, 0.15) is 16.8 Å². The summed E-state index contributed by atoms with van der Waals surface area (Å²) in [6, 6.07) is 12.3. The van der Waals surface area contributed by atoms with Gasteiger partial charge in [-0.05, 0) is 41.8 Å². The summed E-state index contributed by atoms with van der Waals surface area (Å²) >= 11 is 0. The molecule has 2 N–H and O–H groups in total. The number of pyridine rings is 1. The number of nitrogens with two attached hydrogens (primary N) is 1. The molecule has 0 bridgehead atoms. The van der Waals surface area contributed by atoms with Crippen molar-refractivity contribution in [2.75, 3.05) is 12.3 Å². The van der Waals surface area contributed by atoms with Crippen molar-refractivity contribution in [3.05, 3.63) is 65.6 Å². The van der Waals surface area contributed by atoms with Crippen molar-refractivity contribution in [3.8, 4) is 0 Å². The van der Waals surface area contributed by atoms with Gasteiger partial charge in [-0.3, -0.25) is 4.90 Å². The molecule has 1 aromatic carbocycles. The summed E-state index contributed by atoms with van der Waals surface area (Å²) in [7, 11) is 0. The molecule has 0 saturated carbocycles. The number of nitrogens with zero attached hydrogens (tertiary/aromatic N) is 3. The van der Waals surface area contributed by atoms with Crippen molar-refractivity contribution in [1.82, 2.24) is 14.3 Å². The molecule has 4 heteroatoms.